The lowest BCUT2D eigenvalue weighted by Crippen LogP contribution is -2.07. The smallest absolute Gasteiger partial charge is 0.311 e. The SMILES string of the molecule is CCCC(=O)Oc1c(Br)cc(C#N)cc1Br. The van der Waals surface area contributed by atoms with Crippen molar-refractivity contribution in [3.63, 3.8) is 0 Å². The Morgan fingerprint density at radius 3 is 2.44 bits per heavy atom. The summed E-state index contributed by atoms with van der Waals surface area (Å²) in [5, 5.41) is 8.74. The predicted octanol–water partition coefficient (Wildman–Crippen LogP) is 3.79. The minimum Gasteiger partial charge on any atom is -0.424 e. The van der Waals surface area contributed by atoms with Crippen molar-refractivity contribution in [2.45, 2.75) is 19.8 Å². The van der Waals surface area contributed by atoms with E-state index in [1.165, 1.54) is 0 Å². The normalized spacial score (nSPS) is 9.62. The van der Waals surface area contributed by atoms with Crippen molar-refractivity contribution in [3.8, 4) is 11.8 Å². The maximum absolute atomic E-state index is 11.3. The molecule has 1 aromatic rings. The van der Waals surface area contributed by atoms with E-state index in [9.17, 15) is 4.79 Å². The monoisotopic (exact) mass is 345 g/mol. The summed E-state index contributed by atoms with van der Waals surface area (Å²) in [5.74, 6) is 0.131. The Hall–Kier alpha value is -0.860. The molecular formula is C11H9Br2NO2. The molecule has 0 atom stereocenters. The number of carbonyl (C=O) groups excluding carboxylic acids is 1. The number of rotatable bonds is 3. The van der Waals surface area contributed by atoms with Crippen LogP contribution in [0.1, 0.15) is 25.3 Å². The molecule has 0 amide bonds. The van der Waals surface area contributed by atoms with E-state index in [0.717, 1.165) is 6.42 Å². The summed E-state index contributed by atoms with van der Waals surface area (Å²) in [5.41, 5.74) is 0.494. The molecule has 0 fully saturated rings. The lowest BCUT2D eigenvalue weighted by molar-refractivity contribution is -0.134. The summed E-state index contributed by atoms with van der Waals surface area (Å²) in [7, 11) is 0. The molecule has 0 aliphatic carbocycles. The first-order chi connectivity index (χ1) is 7.58. The molecule has 16 heavy (non-hydrogen) atoms. The second kappa shape index (κ2) is 6.02. The van der Waals surface area contributed by atoms with Crippen molar-refractivity contribution in [3.05, 3.63) is 26.6 Å². The van der Waals surface area contributed by atoms with Crippen LogP contribution in [0.5, 0.6) is 5.75 Å². The van der Waals surface area contributed by atoms with Gasteiger partial charge in [-0.1, -0.05) is 6.92 Å². The van der Waals surface area contributed by atoms with Crippen LogP contribution in [-0.2, 0) is 4.79 Å². The minimum absolute atomic E-state index is 0.284. The third-order valence-electron chi connectivity index (χ3n) is 1.80. The van der Waals surface area contributed by atoms with E-state index in [1.807, 2.05) is 13.0 Å². The molecule has 0 unspecified atom stereocenters. The second-order valence-electron chi connectivity index (χ2n) is 3.10. The van der Waals surface area contributed by atoms with Crippen LogP contribution in [0.4, 0.5) is 0 Å². The van der Waals surface area contributed by atoms with Gasteiger partial charge in [-0.2, -0.15) is 5.26 Å². The average molecular weight is 347 g/mol. The van der Waals surface area contributed by atoms with Crippen LogP contribution in [0, 0.1) is 11.3 Å². The summed E-state index contributed by atoms with van der Waals surface area (Å²) in [4.78, 5) is 11.3. The highest BCUT2D eigenvalue weighted by Gasteiger charge is 2.12. The molecular weight excluding hydrogens is 338 g/mol. The molecule has 0 aromatic heterocycles. The second-order valence-corrected chi connectivity index (χ2v) is 4.81. The van der Waals surface area contributed by atoms with Gasteiger partial charge in [-0.25, -0.2) is 0 Å². The van der Waals surface area contributed by atoms with Crippen molar-refractivity contribution in [1.29, 1.82) is 5.26 Å². The van der Waals surface area contributed by atoms with Gasteiger partial charge in [-0.3, -0.25) is 4.79 Å². The predicted molar refractivity (Wildman–Crippen MR) is 67.1 cm³/mol. The van der Waals surface area contributed by atoms with Crippen LogP contribution >= 0.6 is 31.9 Å². The summed E-state index contributed by atoms with van der Waals surface area (Å²) in [6.07, 6.45) is 1.11. The molecule has 0 radical (unpaired) electrons. The number of benzene rings is 1. The molecule has 0 saturated carbocycles. The van der Waals surface area contributed by atoms with Gasteiger partial charge in [0.25, 0.3) is 0 Å². The first kappa shape index (κ1) is 13.2. The van der Waals surface area contributed by atoms with Crippen LogP contribution in [0.25, 0.3) is 0 Å². The maximum Gasteiger partial charge on any atom is 0.311 e. The first-order valence-electron chi connectivity index (χ1n) is 4.68. The number of nitriles is 1. The molecule has 1 aromatic carbocycles. The highest BCUT2D eigenvalue weighted by atomic mass is 79.9. The fraction of sp³-hybridized carbons (Fsp3) is 0.273. The van der Waals surface area contributed by atoms with Crippen molar-refractivity contribution in [2.75, 3.05) is 0 Å². The Balaban J connectivity index is 2.98. The Labute approximate surface area is 111 Å². The van der Waals surface area contributed by atoms with E-state index < -0.39 is 0 Å². The highest BCUT2D eigenvalue weighted by Crippen LogP contribution is 2.34. The summed E-state index contributed by atoms with van der Waals surface area (Å²) >= 11 is 6.52. The number of ether oxygens (including phenoxy) is 1. The number of esters is 1. The fourth-order valence-corrected chi connectivity index (χ4v) is 2.44. The highest BCUT2D eigenvalue weighted by molar-refractivity contribution is 9.11. The van der Waals surface area contributed by atoms with Crippen molar-refractivity contribution < 1.29 is 9.53 Å². The summed E-state index contributed by atoms with van der Waals surface area (Å²) in [6, 6.07) is 5.23. The molecule has 3 nitrogen and oxygen atoms in total. The van der Waals surface area contributed by atoms with Crippen LogP contribution in [-0.4, -0.2) is 5.97 Å². The lowest BCUT2D eigenvalue weighted by Gasteiger charge is -2.08. The van der Waals surface area contributed by atoms with Gasteiger partial charge < -0.3 is 4.74 Å². The molecule has 0 heterocycles. The molecule has 0 N–H and O–H groups in total. The molecule has 0 saturated heterocycles. The molecule has 0 aliphatic rings. The number of nitrogens with zero attached hydrogens (tertiary/aromatic N) is 1. The number of carbonyl (C=O) groups is 1. The lowest BCUT2D eigenvalue weighted by atomic mass is 10.2. The third kappa shape index (κ3) is 3.32. The van der Waals surface area contributed by atoms with E-state index in [-0.39, 0.29) is 5.97 Å². The van der Waals surface area contributed by atoms with Crippen LogP contribution in [0.2, 0.25) is 0 Å². The molecule has 1 rings (SSSR count). The van der Waals surface area contributed by atoms with E-state index in [4.69, 9.17) is 10.00 Å². The molecule has 5 heteroatoms. The van der Waals surface area contributed by atoms with E-state index in [1.54, 1.807) is 12.1 Å². The van der Waals surface area contributed by atoms with Gasteiger partial charge in [0.2, 0.25) is 0 Å². The van der Waals surface area contributed by atoms with Crippen molar-refractivity contribution >= 4 is 37.8 Å². The molecule has 84 valence electrons. The molecule has 0 aliphatic heterocycles. The topological polar surface area (TPSA) is 50.1 Å². The Kier molecular flexibility index (Phi) is 4.97. The Morgan fingerprint density at radius 1 is 1.44 bits per heavy atom. The van der Waals surface area contributed by atoms with Gasteiger partial charge in [0.05, 0.1) is 20.6 Å². The molecule has 0 spiro atoms. The third-order valence-corrected chi connectivity index (χ3v) is 2.98. The van der Waals surface area contributed by atoms with Crippen LogP contribution < -0.4 is 4.74 Å². The van der Waals surface area contributed by atoms with Gasteiger partial charge in [0.1, 0.15) is 0 Å². The summed E-state index contributed by atoms with van der Waals surface area (Å²) < 4.78 is 6.35. The zero-order valence-corrected chi connectivity index (χ0v) is 11.8. The standard InChI is InChI=1S/C11H9Br2NO2/c1-2-3-10(15)16-11-8(12)4-7(6-14)5-9(11)13/h4-5H,2-3H2,1H3. The minimum atomic E-state index is -0.284. The fourth-order valence-electron chi connectivity index (χ4n) is 1.09. The Morgan fingerprint density at radius 2 is 2.00 bits per heavy atom. The van der Waals surface area contributed by atoms with Crippen LogP contribution in [0.3, 0.4) is 0 Å². The van der Waals surface area contributed by atoms with E-state index in [2.05, 4.69) is 31.9 Å². The Bertz CT molecular complexity index is 429. The van der Waals surface area contributed by atoms with Gasteiger partial charge in [-0.05, 0) is 50.4 Å². The quantitative estimate of drug-likeness (QED) is 0.618. The van der Waals surface area contributed by atoms with E-state index in [0.29, 0.717) is 26.7 Å². The maximum atomic E-state index is 11.3. The van der Waals surface area contributed by atoms with Crippen molar-refractivity contribution in [2.24, 2.45) is 0 Å². The molecule has 0 bridgehead atoms. The largest absolute Gasteiger partial charge is 0.424 e. The van der Waals surface area contributed by atoms with E-state index >= 15 is 0 Å². The van der Waals surface area contributed by atoms with Crippen molar-refractivity contribution in [1.82, 2.24) is 0 Å². The van der Waals surface area contributed by atoms with Gasteiger partial charge in [-0.15, -0.1) is 0 Å². The zero-order valence-electron chi connectivity index (χ0n) is 8.59. The van der Waals surface area contributed by atoms with Gasteiger partial charge >= 0.3 is 5.97 Å². The zero-order chi connectivity index (χ0) is 12.1. The summed E-state index contributed by atoms with van der Waals surface area (Å²) in [6.45, 7) is 1.91. The van der Waals surface area contributed by atoms with Gasteiger partial charge in [0.15, 0.2) is 5.75 Å². The first-order valence-corrected chi connectivity index (χ1v) is 6.27. The van der Waals surface area contributed by atoms with Crippen LogP contribution in [0.15, 0.2) is 21.1 Å². The average Bonchev–Trinajstić information content (AvgIpc) is 2.23. The van der Waals surface area contributed by atoms with Gasteiger partial charge in [0, 0.05) is 6.42 Å². The number of halogens is 2. The number of hydrogen-bond acceptors (Lipinski definition) is 3. The number of hydrogen-bond donors (Lipinski definition) is 0.